The quantitative estimate of drug-likeness (QED) is 0.208. The van der Waals surface area contributed by atoms with Crippen molar-refractivity contribution in [2.75, 3.05) is 0 Å². The molecule has 0 unspecified atom stereocenters. The zero-order chi connectivity index (χ0) is 29.8. The summed E-state index contributed by atoms with van der Waals surface area (Å²) in [5.41, 5.74) is 7.32. The summed E-state index contributed by atoms with van der Waals surface area (Å²) in [5.74, 6) is -0.315. The first-order chi connectivity index (χ1) is 20.0. The van der Waals surface area contributed by atoms with Gasteiger partial charge in [0.25, 0.3) is 0 Å². The standard InChI is InChI=1S/C33H29ClN4O3S/c1-18-12-25-31(30(24(18)16-29(39)40)23-8-7-22(34)15-28(23)41-33(2,3)4)42-32(37-25)26-14-20(10-11-35-26)19-6-9-27-21(13-19)17-36-38(27)5/h6-15,17H,16H2,1-5H3,(H,39,40). The predicted molar refractivity (Wildman–Crippen MR) is 169 cm³/mol. The molecule has 0 bridgehead atoms. The number of pyridine rings is 1. The Morgan fingerprint density at radius 1 is 1.07 bits per heavy atom. The molecule has 1 N–H and O–H groups in total. The van der Waals surface area contributed by atoms with Crippen LogP contribution in [-0.4, -0.2) is 36.4 Å². The summed E-state index contributed by atoms with van der Waals surface area (Å²) in [6.45, 7) is 7.83. The van der Waals surface area contributed by atoms with Gasteiger partial charge in [-0.05, 0) is 98.5 Å². The molecule has 0 atom stereocenters. The Bertz CT molecular complexity index is 2000. The summed E-state index contributed by atoms with van der Waals surface area (Å²) in [4.78, 5) is 21.7. The lowest BCUT2D eigenvalue weighted by Gasteiger charge is -2.24. The van der Waals surface area contributed by atoms with E-state index in [4.69, 9.17) is 21.3 Å². The van der Waals surface area contributed by atoms with Crippen LogP contribution in [-0.2, 0) is 18.3 Å². The summed E-state index contributed by atoms with van der Waals surface area (Å²) in [6.07, 6.45) is 3.52. The fourth-order valence-corrected chi connectivity index (χ4v) is 6.46. The minimum atomic E-state index is -0.907. The number of carboxylic acid groups (broad SMARTS) is 1. The normalized spacial score (nSPS) is 11.9. The number of hydrogen-bond donors (Lipinski definition) is 1. The van der Waals surface area contributed by atoms with E-state index >= 15 is 0 Å². The van der Waals surface area contributed by atoms with Gasteiger partial charge < -0.3 is 9.84 Å². The second-order valence-corrected chi connectivity index (χ2v) is 12.7. The summed E-state index contributed by atoms with van der Waals surface area (Å²) < 4.78 is 9.07. The highest BCUT2D eigenvalue weighted by molar-refractivity contribution is 7.22. The van der Waals surface area contributed by atoms with Crippen molar-refractivity contribution < 1.29 is 14.6 Å². The van der Waals surface area contributed by atoms with Gasteiger partial charge >= 0.3 is 5.97 Å². The molecule has 0 aliphatic carbocycles. The number of benzene rings is 3. The second kappa shape index (κ2) is 10.5. The van der Waals surface area contributed by atoms with Crippen LogP contribution < -0.4 is 4.74 Å². The average molecular weight is 597 g/mol. The van der Waals surface area contributed by atoms with E-state index in [2.05, 4.69) is 28.3 Å². The maximum Gasteiger partial charge on any atom is 0.307 e. The van der Waals surface area contributed by atoms with Crippen molar-refractivity contribution in [2.45, 2.75) is 39.7 Å². The Morgan fingerprint density at radius 3 is 2.62 bits per heavy atom. The number of aromatic nitrogens is 4. The number of thiazole rings is 1. The van der Waals surface area contributed by atoms with E-state index in [-0.39, 0.29) is 6.42 Å². The summed E-state index contributed by atoms with van der Waals surface area (Å²) >= 11 is 7.89. The van der Waals surface area contributed by atoms with E-state index < -0.39 is 11.6 Å². The van der Waals surface area contributed by atoms with E-state index in [0.29, 0.717) is 10.8 Å². The maximum atomic E-state index is 12.0. The molecule has 6 aromatic rings. The Kier molecular flexibility index (Phi) is 6.99. The van der Waals surface area contributed by atoms with E-state index in [1.807, 2.05) is 69.9 Å². The lowest BCUT2D eigenvalue weighted by atomic mass is 9.92. The third-order valence-corrected chi connectivity index (χ3v) is 8.37. The molecule has 0 radical (unpaired) electrons. The number of hydrogen-bond acceptors (Lipinski definition) is 6. The minimum absolute atomic E-state index is 0.132. The van der Waals surface area contributed by atoms with Gasteiger partial charge in [0.2, 0.25) is 0 Å². The van der Waals surface area contributed by atoms with Crippen molar-refractivity contribution in [2.24, 2.45) is 7.05 Å². The van der Waals surface area contributed by atoms with E-state index in [1.54, 1.807) is 18.3 Å². The number of aryl methyl sites for hydroxylation is 2. The Balaban J connectivity index is 1.53. The summed E-state index contributed by atoms with van der Waals surface area (Å²) in [6, 6.07) is 17.7. The van der Waals surface area contributed by atoms with Gasteiger partial charge in [-0.15, -0.1) is 11.3 Å². The molecule has 7 nitrogen and oxygen atoms in total. The maximum absolute atomic E-state index is 12.0. The van der Waals surface area contributed by atoms with Crippen LogP contribution in [0.5, 0.6) is 5.75 Å². The SMILES string of the molecule is Cc1cc2nc(-c3cc(-c4ccc5c(cnn5C)c4)ccn3)sc2c(-c2ccc(Cl)cc2OC(C)(C)C)c1CC(=O)O. The van der Waals surface area contributed by atoms with Crippen molar-refractivity contribution in [3.05, 3.63) is 83.1 Å². The molecule has 0 saturated heterocycles. The van der Waals surface area contributed by atoms with Gasteiger partial charge in [-0.3, -0.25) is 14.5 Å². The van der Waals surface area contributed by atoms with Crippen LogP contribution in [0.15, 0.2) is 67.0 Å². The number of carboxylic acids is 1. The number of halogens is 1. The van der Waals surface area contributed by atoms with E-state index in [0.717, 1.165) is 65.2 Å². The molecular formula is C33H29ClN4O3S. The number of aliphatic carboxylic acids is 1. The van der Waals surface area contributed by atoms with Gasteiger partial charge in [-0.2, -0.15) is 5.10 Å². The molecule has 0 aliphatic heterocycles. The largest absolute Gasteiger partial charge is 0.487 e. The van der Waals surface area contributed by atoms with Crippen molar-refractivity contribution in [1.29, 1.82) is 0 Å². The van der Waals surface area contributed by atoms with Gasteiger partial charge in [0, 0.05) is 34.8 Å². The number of rotatable bonds is 6. The Morgan fingerprint density at radius 2 is 1.86 bits per heavy atom. The van der Waals surface area contributed by atoms with Crippen LogP contribution in [0.3, 0.4) is 0 Å². The Hall–Kier alpha value is -4.27. The molecule has 0 amide bonds. The van der Waals surface area contributed by atoms with Crippen molar-refractivity contribution in [1.82, 2.24) is 19.7 Å². The van der Waals surface area contributed by atoms with Crippen LogP contribution in [0, 0.1) is 6.92 Å². The fraction of sp³-hybridized carbons (Fsp3) is 0.212. The zero-order valence-corrected chi connectivity index (χ0v) is 25.5. The predicted octanol–water partition coefficient (Wildman–Crippen LogP) is 8.35. The van der Waals surface area contributed by atoms with Crippen LogP contribution in [0.1, 0.15) is 31.9 Å². The second-order valence-electron chi connectivity index (χ2n) is 11.3. The number of ether oxygens (including phenoxy) is 1. The molecule has 3 aromatic heterocycles. The number of nitrogens with zero attached hydrogens (tertiary/aromatic N) is 4. The van der Waals surface area contributed by atoms with Crippen LogP contribution in [0.2, 0.25) is 5.02 Å². The third-order valence-electron chi connectivity index (χ3n) is 7.03. The van der Waals surface area contributed by atoms with Gasteiger partial charge in [0.05, 0.1) is 34.0 Å². The Labute approximate surface area is 252 Å². The molecule has 3 heterocycles. The molecule has 9 heteroatoms. The molecule has 0 saturated carbocycles. The summed E-state index contributed by atoms with van der Waals surface area (Å²) in [5, 5.41) is 16.6. The highest BCUT2D eigenvalue weighted by Gasteiger charge is 2.24. The molecule has 42 heavy (non-hydrogen) atoms. The summed E-state index contributed by atoms with van der Waals surface area (Å²) in [7, 11) is 1.93. The first-order valence-electron chi connectivity index (χ1n) is 13.5. The highest BCUT2D eigenvalue weighted by Crippen LogP contribution is 2.45. The molecule has 212 valence electrons. The first kappa shape index (κ1) is 27.9. The molecule has 0 spiro atoms. The van der Waals surface area contributed by atoms with E-state index in [1.165, 1.54) is 11.3 Å². The molecular weight excluding hydrogens is 568 g/mol. The lowest BCUT2D eigenvalue weighted by Crippen LogP contribution is -2.23. The number of carbonyl (C=O) groups is 1. The average Bonchev–Trinajstić information content (AvgIpc) is 3.52. The van der Waals surface area contributed by atoms with Gasteiger partial charge in [0.1, 0.15) is 16.4 Å². The van der Waals surface area contributed by atoms with Crippen molar-refractivity contribution >= 4 is 50.0 Å². The van der Waals surface area contributed by atoms with Crippen LogP contribution in [0.4, 0.5) is 0 Å². The van der Waals surface area contributed by atoms with Crippen LogP contribution in [0.25, 0.3) is 54.1 Å². The van der Waals surface area contributed by atoms with Gasteiger partial charge in [-0.1, -0.05) is 17.7 Å². The minimum Gasteiger partial charge on any atom is -0.487 e. The monoisotopic (exact) mass is 596 g/mol. The van der Waals surface area contributed by atoms with Crippen molar-refractivity contribution in [3.8, 4) is 38.7 Å². The number of fused-ring (bicyclic) bond motifs is 2. The third kappa shape index (κ3) is 5.35. The smallest absolute Gasteiger partial charge is 0.307 e. The first-order valence-corrected chi connectivity index (χ1v) is 14.7. The fourth-order valence-electron chi connectivity index (χ4n) is 5.20. The van der Waals surface area contributed by atoms with E-state index in [9.17, 15) is 9.90 Å². The zero-order valence-electron chi connectivity index (χ0n) is 23.9. The van der Waals surface area contributed by atoms with Gasteiger partial charge in [0.15, 0.2) is 0 Å². The lowest BCUT2D eigenvalue weighted by molar-refractivity contribution is -0.136. The molecule has 6 rings (SSSR count). The molecule has 0 fully saturated rings. The molecule has 3 aromatic carbocycles. The molecule has 0 aliphatic rings. The van der Waals surface area contributed by atoms with Gasteiger partial charge in [-0.25, -0.2) is 4.98 Å². The highest BCUT2D eigenvalue weighted by atomic mass is 35.5. The van der Waals surface area contributed by atoms with Crippen LogP contribution >= 0.6 is 22.9 Å². The topological polar surface area (TPSA) is 90.1 Å². The van der Waals surface area contributed by atoms with Crippen molar-refractivity contribution in [3.63, 3.8) is 0 Å².